The molecule has 17 heavy (non-hydrogen) atoms. The van der Waals surface area contributed by atoms with Crippen LogP contribution in [0.2, 0.25) is 0 Å². The molecule has 0 aromatic carbocycles. The smallest absolute Gasteiger partial charge is 0.275 e. The molecule has 1 amide bonds. The van der Waals surface area contributed by atoms with E-state index in [-0.39, 0.29) is 12.0 Å². The summed E-state index contributed by atoms with van der Waals surface area (Å²) in [5.41, 5.74) is 1.17. The third kappa shape index (κ3) is 2.49. The van der Waals surface area contributed by atoms with Crippen LogP contribution in [0.4, 0.5) is 5.69 Å². The fraction of sp³-hybridized carbons (Fsp3) is 0.500. The van der Waals surface area contributed by atoms with Crippen LogP contribution in [0, 0.1) is 0 Å². The number of aromatic nitrogens is 1. The topological polar surface area (TPSA) is 54.5 Å². The molecule has 0 unspecified atom stereocenters. The summed E-state index contributed by atoms with van der Waals surface area (Å²) in [5.74, 6) is 0.425. The zero-order valence-electron chi connectivity index (χ0n) is 10.4. The molecule has 2 rings (SSSR count). The average Bonchev–Trinajstić information content (AvgIpc) is 3.12. The Hall–Kier alpha value is -1.78. The summed E-state index contributed by atoms with van der Waals surface area (Å²) in [6.45, 7) is 0. The Labute approximate surface area is 101 Å². The molecular formula is C12H17N3O2. The molecule has 1 N–H and O–H groups in total. The molecule has 1 aliphatic rings. The Bertz CT molecular complexity index is 428. The van der Waals surface area contributed by atoms with Gasteiger partial charge in [0.25, 0.3) is 5.91 Å². The third-order valence-corrected chi connectivity index (χ3v) is 2.59. The highest BCUT2D eigenvalue weighted by Crippen LogP contribution is 2.34. The zero-order valence-corrected chi connectivity index (χ0v) is 10.4. The van der Waals surface area contributed by atoms with Gasteiger partial charge >= 0.3 is 0 Å². The highest BCUT2D eigenvalue weighted by atomic mass is 16.5. The number of pyridine rings is 1. The van der Waals surface area contributed by atoms with Crippen LogP contribution in [-0.4, -0.2) is 43.0 Å². The number of rotatable bonds is 4. The minimum absolute atomic E-state index is 0.141. The predicted octanol–water partition coefficient (Wildman–Crippen LogP) is 1.37. The molecule has 0 aliphatic heterocycles. The van der Waals surface area contributed by atoms with Crippen molar-refractivity contribution in [3.63, 3.8) is 0 Å². The number of carbonyl (C=O) groups is 1. The van der Waals surface area contributed by atoms with Gasteiger partial charge in [-0.1, -0.05) is 0 Å². The van der Waals surface area contributed by atoms with Crippen molar-refractivity contribution < 1.29 is 9.53 Å². The van der Waals surface area contributed by atoms with E-state index in [4.69, 9.17) is 4.74 Å². The monoisotopic (exact) mass is 235 g/mol. The molecule has 5 nitrogen and oxygen atoms in total. The first-order valence-electron chi connectivity index (χ1n) is 5.68. The lowest BCUT2D eigenvalue weighted by molar-refractivity contribution is 0.0817. The van der Waals surface area contributed by atoms with Crippen molar-refractivity contribution in [2.24, 2.45) is 0 Å². The van der Waals surface area contributed by atoms with E-state index in [1.54, 1.807) is 27.3 Å². The van der Waals surface area contributed by atoms with Crippen LogP contribution in [0.25, 0.3) is 0 Å². The lowest BCUT2D eigenvalue weighted by Crippen LogP contribution is -2.24. The number of hydrogen-bond donors (Lipinski definition) is 1. The summed E-state index contributed by atoms with van der Waals surface area (Å²) in [5, 5.41) is 3.03. The minimum Gasteiger partial charge on any atom is -0.486 e. The molecule has 0 bridgehead atoms. The van der Waals surface area contributed by atoms with Gasteiger partial charge in [-0.15, -0.1) is 0 Å². The van der Waals surface area contributed by atoms with Crippen LogP contribution in [0.5, 0.6) is 5.75 Å². The molecule has 0 atom stereocenters. The number of anilines is 1. The Morgan fingerprint density at radius 2 is 2.24 bits per heavy atom. The van der Waals surface area contributed by atoms with E-state index >= 15 is 0 Å². The molecule has 1 aliphatic carbocycles. The first-order chi connectivity index (χ1) is 8.13. The van der Waals surface area contributed by atoms with Gasteiger partial charge in [0.15, 0.2) is 11.4 Å². The van der Waals surface area contributed by atoms with E-state index in [0.29, 0.717) is 11.4 Å². The van der Waals surface area contributed by atoms with Crippen LogP contribution >= 0.6 is 0 Å². The molecule has 1 heterocycles. The van der Waals surface area contributed by atoms with Crippen LogP contribution in [0.1, 0.15) is 23.3 Å². The largest absolute Gasteiger partial charge is 0.486 e. The van der Waals surface area contributed by atoms with Crippen LogP contribution in [-0.2, 0) is 0 Å². The number of amides is 1. The van der Waals surface area contributed by atoms with Crippen molar-refractivity contribution in [2.75, 3.05) is 26.5 Å². The Kier molecular flexibility index (Phi) is 3.17. The van der Waals surface area contributed by atoms with Gasteiger partial charge in [0.05, 0.1) is 11.8 Å². The number of carbonyl (C=O) groups excluding carboxylic acids is 1. The van der Waals surface area contributed by atoms with Crippen molar-refractivity contribution in [1.29, 1.82) is 0 Å². The van der Waals surface area contributed by atoms with E-state index in [2.05, 4.69) is 10.3 Å². The number of ether oxygens (including phenoxy) is 1. The summed E-state index contributed by atoms with van der Waals surface area (Å²) in [4.78, 5) is 17.6. The lowest BCUT2D eigenvalue weighted by atomic mass is 10.2. The normalized spacial score (nSPS) is 14.3. The second-order valence-electron chi connectivity index (χ2n) is 4.30. The predicted molar refractivity (Wildman–Crippen MR) is 65.5 cm³/mol. The fourth-order valence-corrected chi connectivity index (χ4v) is 1.48. The molecule has 92 valence electrons. The summed E-state index contributed by atoms with van der Waals surface area (Å²) in [6.07, 6.45) is 3.95. The highest BCUT2D eigenvalue weighted by molar-refractivity contribution is 5.96. The van der Waals surface area contributed by atoms with Gasteiger partial charge in [-0.3, -0.25) is 4.79 Å². The molecule has 1 saturated carbocycles. The van der Waals surface area contributed by atoms with Gasteiger partial charge in [0.1, 0.15) is 0 Å². The van der Waals surface area contributed by atoms with Crippen molar-refractivity contribution in [2.45, 2.75) is 18.9 Å². The standard InChI is InChI=1S/C12H17N3O2/c1-13-9-6-7-14-10(12(16)15(2)3)11(9)17-8-4-5-8/h6-8H,4-5H2,1-3H3,(H,13,14). The molecule has 0 saturated heterocycles. The van der Waals surface area contributed by atoms with Crippen LogP contribution in [0.3, 0.4) is 0 Å². The average molecular weight is 235 g/mol. The molecule has 0 radical (unpaired) electrons. The molecule has 1 fully saturated rings. The second kappa shape index (κ2) is 4.61. The second-order valence-corrected chi connectivity index (χ2v) is 4.30. The molecule has 0 spiro atoms. The van der Waals surface area contributed by atoms with E-state index < -0.39 is 0 Å². The van der Waals surface area contributed by atoms with E-state index in [1.165, 1.54) is 4.90 Å². The molecule has 1 aromatic heterocycles. The molecular weight excluding hydrogens is 218 g/mol. The Morgan fingerprint density at radius 1 is 1.53 bits per heavy atom. The fourth-order valence-electron chi connectivity index (χ4n) is 1.48. The lowest BCUT2D eigenvalue weighted by Gasteiger charge is -2.16. The summed E-state index contributed by atoms with van der Waals surface area (Å²) < 4.78 is 5.78. The van der Waals surface area contributed by atoms with Gasteiger partial charge in [-0.2, -0.15) is 0 Å². The van der Waals surface area contributed by atoms with Gasteiger partial charge in [0.2, 0.25) is 0 Å². The van der Waals surface area contributed by atoms with Crippen LogP contribution < -0.4 is 10.1 Å². The van der Waals surface area contributed by atoms with Crippen molar-refractivity contribution >= 4 is 11.6 Å². The van der Waals surface area contributed by atoms with E-state index in [1.807, 2.05) is 6.07 Å². The summed E-state index contributed by atoms with van der Waals surface area (Å²) in [6, 6.07) is 1.81. The maximum Gasteiger partial charge on any atom is 0.275 e. The highest BCUT2D eigenvalue weighted by Gasteiger charge is 2.28. The number of hydrogen-bond acceptors (Lipinski definition) is 4. The number of nitrogens with zero attached hydrogens (tertiary/aromatic N) is 2. The van der Waals surface area contributed by atoms with Crippen molar-refractivity contribution in [3.8, 4) is 5.75 Å². The third-order valence-electron chi connectivity index (χ3n) is 2.59. The molecule has 5 heteroatoms. The first kappa shape index (κ1) is 11.7. The van der Waals surface area contributed by atoms with Gasteiger partial charge in [0, 0.05) is 27.3 Å². The summed E-state index contributed by atoms with van der Waals surface area (Å²) >= 11 is 0. The minimum atomic E-state index is -0.141. The van der Waals surface area contributed by atoms with Crippen LogP contribution in [0.15, 0.2) is 12.3 Å². The van der Waals surface area contributed by atoms with Gasteiger partial charge < -0.3 is 15.0 Å². The quantitative estimate of drug-likeness (QED) is 0.856. The maximum absolute atomic E-state index is 12.0. The SMILES string of the molecule is CNc1ccnc(C(=O)N(C)C)c1OC1CC1. The van der Waals surface area contributed by atoms with E-state index in [0.717, 1.165) is 18.5 Å². The summed E-state index contributed by atoms with van der Waals surface area (Å²) in [7, 11) is 5.22. The van der Waals surface area contributed by atoms with Crippen molar-refractivity contribution in [1.82, 2.24) is 9.88 Å². The Balaban J connectivity index is 2.37. The zero-order chi connectivity index (χ0) is 12.4. The van der Waals surface area contributed by atoms with E-state index in [9.17, 15) is 4.79 Å². The Morgan fingerprint density at radius 3 is 2.76 bits per heavy atom. The van der Waals surface area contributed by atoms with Gasteiger partial charge in [-0.05, 0) is 18.9 Å². The number of nitrogens with one attached hydrogen (secondary N) is 1. The maximum atomic E-state index is 12.0. The first-order valence-corrected chi connectivity index (χ1v) is 5.68. The van der Waals surface area contributed by atoms with Crippen molar-refractivity contribution in [3.05, 3.63) is 18.0 Å². The molecule has 1 aromatic rings. The van der Waals surface area contributed by atoms with Gasteiger partial charge in [-0.25, -0.2) is 4.98 Å².